The molecule has 8 heteroatoms. The Bertz CT molecular complexity index is 1190. The molecule has 0 aromatic heterocycles. The van der Waals surface area contributed by atoms with Gasteiger partial charge in [-0.15, -0.1) is 0 Å². The fraction of sp³-hybridized carbons (Fsp3) is 0.261. The minimum atomic E-state index is -0.965. The maximum Gasteiger partial charge on any atom is 0.338 e. The largest absolute Gasteiger partial charge is 0.459 e. The number of hydrogen-bond donors (Lipinski definition) is 0. The van der Waals surface area contributed by atoms with Crippen molar-refractivity contribution in [3.63, 3.8) is 0 Å². The minimum absolute atomic E-state index is 0.0286. The molecule has 2 aromatic rings. The second-order valence-corrected chi connectivity index (χ2v) is 8.70. The fourth-order valence-electron chi connectivity index (χ4n) is 4.21. The molecule has 0 bridgehead atoms. The number of likely N-dealkylation sites (N-methyl/N-ethyl adjacent to an activating group) is 1. The summed E-state index contributed by atoms with van der Waals surface area (Å²) in [5, 5.41) is 12.0. The molecule has 2 aromatic carbocycles. The van der Waals surface area contributed by atoms with Crippen LogP contribution < -0.4 is 14.4 Å². The molecule has 0 amide bonds. The van der Waals surface area contributed by atoms with Crippen LogP contribution in [0, 0.1) is 10.1 Å². The lowest BCUT2D eigenvalue weighted by Gasteiger charge is -2.45. The van der Waals surface area contributed by atoms with Gasteiger partial charge in [0, 0.05) is 35.0 Å². The number of nitrogens with zero attached hydrogens (tertiary/aromatic N) is 2. The zero-order valence-electron chi connectivity index (χ0n) is 17.6. The van der Waals surface area contributed by atoms with Crippen molar-refractivity contribution >= 4 is 35.0 Å². The molecular formula is C23H21ClN2O5. The third-order valence-corrected chi connectivity index (χ3v) is 6.20. The zero-order chi connectivity index (χ0) is 22.7. The summed E-state index contributed by atoms with van der Waals surface area (Å²) in [4.78, 5) is 25.1. The van der Waals surface area contributed by atoms with Gasteiger partial charge >= 0.3 is 5.97 Å². The molecule has 1 unspecified atom stereocenters. The molecule has 0 radical (unpaired) electrons. The number of fused-ring (bicyclic) bond motifs is 2. The number of anilines is 1. The minimum Gasteiger partial charge on any atom is -0.459 e. The fourth-order valence-corrected chi connectivity index (χ4v) is 4.38. The number of ether oxygens (including phenoxy) is 2. The summed E-state index contributed by atoms with van der Waals surface area (Å²) in [5.74, 6) is -0.468. The molecule has 4 rings (SSSR count). The van der Waals surface area contributed by atoms with Crippen molar-refractivity contribution in [2.45, 2.75) is 31.9 Å². The molecule has 0 N–H and O–H groups in total. The van der Waals surface area contributed by atoms with E-state index in [2.05, 4.69) is 6.58 Å². The second-order valence-electron chi connectivity index (χ2n) is 8.27. The number of non-ortho nitro benzene ring substituents is 1. The topological polar surface area (TPSA) is 81.9 Å². The molecule has 1 atom stereocenters. The van der Waals surface area contributed by atoms with E-state index in [-0.39, 0.29) is 22.8 Å². The Labute approximate surface area is 184 Å². The molecule has 0 saturated heterocycles. The molecule has 31 heavy (non-hydrogen) atoms. The summed E-state index contributed by atoms with van der Waals surface area (Å²) in [6.45, 7) is 9.15. The van der Waals surface area contributed by atoms with Gasteiger partial charge in [-0.05, 0) is 56.7 Å². The smallest absolute Gasteiger partial charge is 0.338 e. The highest BCUT2D eigenvalue weighted by Crippen LogP contribution is 2.56. The molecule has 7 nitrogen and oxygen atoms in total. The van der Waals surface area contributed by atoms with Crippen LogP contribution in [0.25, 0.3) is 6.08 Å². The molecule has 1 spiro atoms. The third-order valence-electron chi connectivity index (χ3n) is 5.96. The van der Waals surface area contributed by atoms with E-state index in [9.17, 15) is 14.9 Å². The summed E-state index contributed by atoms with van der Waals surface area (Å²) in [7, 11) is 1.90. The van der Waals surface area contributed by atoms with Gasteiger partial charge in [0.25, 0.3) is 5.69 Å². The number of esters is 1. The van der Waals surface area contributed by atoms with E-state index in [0.29, 0.717) is 10.6 Å². The molecule has 0 aliphatic carbocycles. The van der Waals surface area contributed by atoms with E-state index < -0.39 is 22.0 Å². The number of carbonyl (C=O) groups is 1. The number of halogens is 1. The molecule has 2 aliphatic heterocycles. The molecule has 2 aliphatic rings. The van der Waals surface area contributed by atoms with E-state index >= 15 is 0 Å². The number of hydrogen-bond acceptors (Lipinski definition) is 6. The van der Waals surface area contributed by atoms with Gasteiger partial charge in [-0.25, -0.2) is 4.79 Å². The highest BCUT2D eigenvalue weighted by Gasteiger charge is 2.58. The van der Waals surface area contributed by atoms with Crippen molar-refractivity contribution in [2.24, 2.45) is 0 Å². The molecule has 0 saturated carbocycles. The first-order valence-electron chi connectivity index (χ1n) is 9.60. The van der Waals surface area contributed by atoms with Crippen LogP contribution in [0.1, 0.15) is 31.9 Å². The Morgan fingerprint density at radius 2 is 2.00 bits per heavy atom. The Kier molecular flexibility index (Phi) is 4.63. The highest BCUT2D eigenvalue weighted by atomic mass is 35.5. The Hall–Kier alpha value is -3.32. The average molecular weight is 441 g/mol. The summed E-state index contributed by atoms with van der Waals surface area (Å²) in [6, 6.07) is 8.24. The zero-order valence-corrected chi connectivity index (χ0v) is 18.3. The first kappa shape index (κ1) is 20.9. The van der Waals surface area contributed by atoms with E-state index in [1.165, 1.54) is 19.1 Å². The van der Waals surface area contributed by atoms with Crippen LogP contribution in [0.4, 0.5) is 11.4 Å². The van der Waals surface area contributed by atoms with E-state index in [1.807, 2.05) is 50.1 Å². The Balaban J connectivity index is 1.88. The summed E-state index contributed by atoms with van der Waals surface area (Å²) < 4.78 is 12.0. The van der Waals surface area contributed by atoms with Gasteiger partial charge < -0.3 is 14.4 Å². The van der Waals surface area contributed by atoms with Crippen molar-refractivity contribution < 1.29 is 19.2 Å². The Morgan fingerprint density at radius 3 is 2.65 bits per heavy atom. The van der Waals surface area contributed by atoms with Gasteiger partial charge in [0.05, 0.1) is 16.4 Å². The lowest BCUT2D eigenvalue weighted by molar-refractivity contribution is -0.385. The normalized spacial score (nSPS) is 20.1. The van der Waals surface area contributed by atoms with E-state index in [4.69, 9.17) is 21.1 Å². The van der Waals surface area contributed by atoms with Crippen LogP contribution in [0.15, 0.2) is 48.6 Å². The van der Waals surface area contributed by atoms with Gasteiger partial charge in [0.2, 0.25) is 5.72 Å². The molecule has 2 heterocycles. The van der Waals surface area contributed by atoms with Crippen LogP contribution >= 0.6 is 11.6 Å². The Morgan fingerprint density at radius 1 is 1.29 bits per heavy atom. The SMILES string of the molecule is C=C(C)C(=O)Oc1cc([N+](=O)[O-])cc2c1OC1(C=C2)N(C)c2ccc(Cl)cc2C1(C)C. The van der Waals surface area contributed by atoms with Crippen LogP contribution in [0.2, 0.25) is 5.02 Å². The lowest BCUT2D eigenvalue weighted by Crippen LogP contribution is -2.58. The maximum atomic E-state index is 12.2. The summed E-state index contributed by atoms with van der Waals surface area (Å²) >= 11 is 6.26. The number of nitro groups is 1. The van der Waals surface area contributed by atoms with Crippen molar-refractivity contribution in [3.8, 4) is 11.5 Å². The summed E-state index contributed by atoms with van der Waals surface area (Å²) in [5.41, 5.74) is 0.842. The van der Waals surface area contributed by atoms with Gasteiger partial charge in [-0.1, -0.05) is 18.2 Å². The van der Waals surface area contributed by atoms with Crippen molar-refractivity contribution in [1.82, 2.24) is 0 Å². The van der Waals surface area contributed by atoms with Crippen molar-refractivity contribution in [2.75, 3.05) is 11.9 Å². The van der Waals surface area contributed by atoms with E-state index in [0.717, 1.165) is 11.3 Å². The van der Waals surface area contributed by atoms with Gasteiger partial charge in [-0.2, -0.15) is 0 Å². The highest BCUT2D eigenvalue weighted by molar-refractivity contribution is 6.30. The molecule has 0 fully saturated rings. The monoisotopic (exact) mass is 440 g/mol. The number of nitro benzene ring substituents is 1. The average Bonchev–Trinajstić information content (AvgIpc) is 2.86. The van der Waals surface area contributed by atoms with Gasteiger partial charge in [0.15, 0.2) is 11.5 Å². The van der Waals surface area contributed by atoms with Gasteiger partial charge in [0.1, 0.15) is 0 Å². The van der Waals surface area contributed by atoms with Crippen LogP contribution in [-0.2, 0) is 10.2 Å². The van der Waals surface area contributed by atoms with Crippen LogP contribution in [-0.4, -0.2) is 23.7 Å². The number of rotatable bonds is 3. The van der Waals surface area contributed by atoms with Crippen molar-refractivity contribution in [3.05, 3.63) is 74.8 Å². The predicted molar refractivity (Wildman–Crippen MR) is 119 cm³/mol. The van der Waals surface area contributed by atoms with Crippen molar-refractivity contribution in [1.29, 1.82) is 0 Å². The quantitative estimate of drug-likeness (QED) is 0.213. The van der Waals surface area contributed by atoms with Crippen LogP contribution in [0.3, 0.4) is 0 Å². The first-order valence-corrected chi connectivity index (χ1v) is 9.98. The standard InChI is InChI=1S/C23H21ClN2O5/c1-13(2)21(27)30-19-12-16(26(28)29)10-14-8-9-23(31-20(14)19)22(3,4)17-11-15(24)6-7-18(17)25(23)5/h6-12H,1H2,2-5H3. The second kappa shape index (κ2) is 6.85. The first-order chi connectivity index (χ1) is 14.5. The molecular weight excluding hydrogens is 420 g/mol. The number of carbonyl (C=O) groups excluding carboxylic acids is 1. The lowest BCUT2D eigenvalue weighted by atomic mass is 9.76. The number of benzene rings is 2. The van der Waals surface area contributed by atoms with E-state index in [1.54, 1.807) is 6.08 Å². The van der Waals surface area contributed by atoms with Crippen LogP contribution in [0.5, 0.6) is 11.5 Å². The third kappa shape index (κ3) is 2.99. The van der Waals surface area contributed by atoms with Gasteiger partial charge in [-0.3, -0.25) is 10.1 Å². The summed E-state index contributed by atoms with van der Waals surface area (Å²) in [6.07, 6.45) is 3.63. The maximum absolute atomic E-state index is 12.2. The molecule has 160 valence electrons. The predicted octanol–water partition coefficient (Wildman–Crippen LogP) is 5.26.